The Balaban J connectivity index is 2.17. The van der Waals surface area contributed by atoms with Gasteiger partial charge in [0.1, 0.15) is 0 Å². The minimum absolute atomic E-state index is 0.806. The fourth-order valence-corrected chi connectivity index (χ4v) is 2.44. The van der Waals surface area contributed by atoms with Crippen LogP contribution in [0.4, 0.5) is 0 Å². The molecule has 0 saturated heterocycles. The van der Waals surface area contributed by atoms with Crippen LogP contribution in [-0.4, -0.2) is 14.4 Å². The number of aromatic nitrogens is 3. The molecule has 0 radical (unpaired) electrons. The van der Waals surface area contributed by atoms with Crippen LogP contribution in [0.25, 0.3) is 16.7 Å². The number of hydrogen-bond donors (Lipinski definition) is 0. The second-order valence-electron chi connectivity index (χ2n) is 4.63. The first kappa shape index (κ1) is 11.2. The van der Waals surface area contributed by atoms with E-state index in [4.69, 9.17) is 0 Å². The van der Waals surface area contributed by atoms with Crippen molar-refractivity contribution in [2.24, 2.45) is 0 Å². The SMILES string of the molecule is CCCCCc1c2ccccc2nc2nccn12. The molecule has 0 amide bonds. The summed E-state index contributed by atoms with van der Waals surface area (Å²) in [6.45, 7) is 2.23. The van der Waals surface area contributed by atoms with Gasteiger partial charge in [-0.2, -0.15) is 0 Å². The number of para-hydroxylation sites is 1. The molecule has 0 aliphatic heterocycles. The maximum Gasteiger partial charge on any atom is 0.234 e. The number of unbranched alkanes of at least 4 members (excludes halogenated alkanes) is 2. The van der Waals surface area contributed by atoms with Crippen LogP contribution in [0.1, 0.15) is 31.9 Å². The molecule has 1 aromatic carbocycles. The summed E-state index contributed by atoms with van der Waals surface area (Å²) >= 11 is 0. The highest BCUT2D eigenvalue weighted by Gasteiger charge is 2.08. The van der Waals surface area contributed by atoms with Gasteiger partial charge in [-0.05, 0) is 18.9 Å². The van der Waals surface area contributed by atoms with Crippen molar-refractivity contribution in [3.63, 3.8) is 0 Å². The van der Waals surface area contributed by atoms with Gasteiger partial charge in [-0.1, -0.05) is 38.0 Å². The normalized spacial score (nSPS) is 11.4. The number of rotatable bonds is 4. The van der Waals surface area contributed by atoms with Crippen molar-refractivity contribution in [1.82, 2.24) is 14.4 Å². The summed E-state index contributed by atoms with van der Waals surface area (Å²) in [4.78, 5) is 8.89. The average Bonchev–Trinajstić information content (AvgIpc) is 2.86. The lowest BCUT2D eigenvalue weighted by Gasteiger charge is -2.09. The van der Waals surface area contributed by atoms with Crippen molar-refractivity contribution < 1.29 is 0 Å². The highest BCUT2D eigenvalue weighted by molar-refractivity contribution is 5.82. The van der Waals surface area contributed by atoms with Crippen LogP contribution in [0.2, 0.25) is 0 Å². The smallest absolute Gasteiger partial charge is 0.234 e. The molecule has 3 nitrogen and oxygen atoms in total. The monoisotopic (exact) mass is 239 g/mol. The van der Waals surface area contributed by atoms with E-state index in [2.05, 4.69) is 39.5 Å². The van der Waals surface area contributed by atoms with Gasteiger partial charge in [-0.15, -0.1) is 0 Å². The molecule has 3 rings (SSSR count). The predicted molar refractivity (Wildman–Crippen MR) is 73.7 cm³/mol. The Morgan fingerprint density at radius 2 is 2.06 bits per heavy atom. The van der Waals surface area contributed by atoms with Gasteiger partial charge < -0.3 is 0 Å². The Bertz CT molecular complexity index is 670. The van der Waals surface area contributed by atoms with Gasteiger partial charge in [0, 0.05) is 23.5 Å². The summed E-state index contributed by atoms with van der Waals surface area (Å²) in [6.07, 6.45) is 8.66. The molecule has 92 valence electrons. The molecule has 0 N–H and O–H groups in total. The van der Waals surface area contributed by atoms with Crippen LogP contribution >= 0.6 is 0 Å². The van der Waals surface area contributed by atoms with E-state index in [1.807, 2.05) is 18.5 Å². The highest BCUT2D eigenvalue weighted by Crippen LogP contribution is 2.20. The summed E-state index contributed by atoms with van der Waals surface area (Å²) in [6, 6.07) is 8.33. The topological polar surface area (TPSA) is 30.2 Å². The zero-order valence-electron chi connectivity index (χ0n) is 10.6. The quantitative estimate of drug-likeness (QED) is 0.651. The van der Waals surface area contributed by atoms with Crippen molar-refractivity contribution in [3.05, 3.63) is 42.4 Å². The van der Waals surface area contributed by atoms with Crippen LogP contribution in [-0.2, 0) is 6.42 Å². The summed E-state index contributed by atoms with van der Waals surface area (Å²) in [5.41, 5.74) is 2.38. The van der Waals surface area contributed by atoms with Crippen molar-refractivity contribution >= 4 is 16.7 Å². The molecule has 2 heterocycles. The highest BCUT2D eigenvalue weighted by atomic mass is 15.1. The first-order valence-corrected chi connectivity index (χ1v) is 6.61. The Morgan fingerprint density at radius 3 is 2.94 bits per heavy atom. The van der Waals surface area contributed by atoms with Crippen LogP contribution in [0.5, 0.6) is 0 Å². The number of imidazole rings is 1. The van der Waals surface area contributed by atoms with Gasteiger partial charge in [0.05, 0.1) is 5.52 Å². The van der Waals surface area contributed by atoms with E-state index in [1.165, 1.54) is 30.3 Å². The lowest BCUT2D eigenvalue weighted by molar-refractivity contribution is 0.705. The van der Waals surface area contributed by atoms with Gasteiger partial charge in [-0.25, -0.2) is 9.97 Å². The van der Waals surface area contributed by atoms with E-state index in [0.29, 0.717) is 0 Å². The Labute approximate surface area is 106 Å². The third kappa shape index (κ3) is 1.86. The maximum atomic E-state index is 4.58. The van der Waals surface area contributed by atoms with Gasteiger partial charge in [-0.3, -0.25) is 4.40 Å². The van der Waals surface area contributed by atoms with Crippen molar-refractivity contribution in [1.29, 1.82) is 0 Å². The molecule has 18 heavy (non-hydrogen) atoms. The largest absolute Gasteiger partial charge is 0.288 e. The van der Waals surface area contributed by atoms with Crippen LogP contribution < -0.4 is 0 Å². The first-order chi connectivity index (χ1) is 8.90. The standard InChI is InChI=1S/C15H17N3/c1-2-3-4-9-14-12-7-5-6-8-13(12)17-15-16-10-11-18(14)15/h5-8,10-11H,2-4,9H2,1H3. The van der Waals surface area contributed by atoms with E-state index in [0.717, 1.165) is 17.7 Å². The van der Waals surface area contributed by atoms with E-state index < -0.39 is 0 Å². The lowest BCUT2D eigenvalue weighted by atomic mass is 10.1. The van der Waals surface area contributed by atoms with Gasteiger partial charge in [0.15, 0.2) is 0 Å². The minimum atomic E-state index is 0.806. The Hall–Kier alpha value is -1.90. The molecule has 0 fully saturated rings. The number of aryl methyl sites for hydroxylation is 1. The number of benzene rings is 1. The molecule has 0 spiro atoms. The van der Waals surface area contributed by atoms with Crippen LogP contribution in [0, 0.1) is 0 Å². The Morgan fingerprint density at radius 1 is 1.17 bits per heavy atom. The van der Waals surface area contributed by atoms with E-state index >= 15 is 0 Å². The Kier molecular flexibility index (Phi) is 2.97. The van der Waals surface area contributed by atoms with E-state index in [-0.39, 0.29) is 0 Å². The third-order valence-corrected chi connectivity index (χ3v) is 3.36. The fraction of sp³-hybridized carbons (Fsp3) is 0.333. The molecule has 3 heteroatoms. The van der Waals surface area contributed by atoms with Crippen molar-refractivity contribution in [2.75, 3.05) is 0 Å². The van der Waals surface area contributed by atoms with E-state index in [1.54, 1.807) is 0 Å². The minimum Gasteiger partial charge on any atom is -0.288 e. The summed E-state index contributed by atoms with van der Waals surface area (Å²) < 4.78 is 2.12. The van der Waals surface area contributed by atoms with E-state index in [9.17, 15) is 0 Å². The second kappa shape index (κ2) is 4.77. The molecule has 0 bridgehead atoms. The fourth-order valence-electron chi connectivity index (χ4n) is 2.44. The molecule has 0 unspecified atom stereocenters. The summed E-state index contributed by atoms with van der Waals surface area (Å²) in [5, 5.41) is 1.25. The maximum absolute atomic E-state index is 4.58. The van der Waals surface area contributed by atoms with Crippen LogP contribution in [0.3, 0.4) is 0 Å². The zero-order chi connectivity index (χ0) is 12.4. The molecule has 0 atom stereocenters. The molecular formula is C15H17N3. The molecule has 0 aliphatic rings. The molecule has 3 aromatic rings. The van der Waals surface area contributed by atoms with Gasteiger partial charge >= 0.3 is 0 Å². The molecular weight excluding hydrogens is 222 g/mol. The number of fused-ring (bicyclic) bond motifs is 2. The average molecular weight is 239 g/mol. The number of hydrogen-bond acceptors (Lipinski definition) is 2. The van der Waals surface area contributed by atoms with Crippen molar-refractivity contribution in [3.8, 4) is 0 Å². The van der Waals surface area contributed by atoms with Gasteiger partial charge in [0.25, 0.3) is 0 Å². The van der Waals surface area contributed by atoms with Gasteiger partial charge in [0.2, 0.25) is 5.78 Å². The lowest BCUT2D eigenvalue weighted by Crippen LogP contribution is -2.00. The zero-order valence-corrected chi connectivity index (χ0v) is 10.6. The molecule has 0 aliphatic carbocycles. The predicted octanol–water partition coefficient (Wildman–Crippen LogP) is 3.62. The summed E-state index contributed by atoms with van der Waals surface area (Å²) in [7, 11) is 0. The summed E-state index contributed by atoms with van der Waals surface area (Å²) in [5.74, 6) is 0.806. The number of nitrogens with zero attached hydrogens (tertiary/aromatic N) is 3. The second-order valence-corrected chi connectivity index (χ2v) is 4.63. The third-order valence-electron chi connectivity index (χ3n) is 3.36. The molecule has 2 aromatic heterocycles. The van der Waals surface area contributed by atoms with Crippen molar-refractivity contribution in [2.45, 2.75) is 32.6 Å². The first-order valence-electron chi connectivity index (χ1n) is 6.61. The van der Waals surface area contributed by atoms with Crippen LogP contribution in [0.15, 0.2) is 36.7 Å². The molecule has 0 saturated carbocycles.